The SMILES string of the molecule is COc1c(OC(C)=O)ccc(/C=N\O)c1[N+](=O)[O-]. The first-order chi connectivity index (χ1) is 8.51. The van der Waals surface area contributed by atoms with Crippen LogP contribution in [0.5, 0.6) is 11.5 Å². The van der Waals surface area contributed by atoms with E-state index in [9.17, 15) is 14.9 Å². The third-order valence-electron chi connectivity index (χ3n) is 1.96. The summed E-state index contributed by atoms with van der Waals surface area (Å²) in [6.45, 7) is 1.16. The van der Waals surface area contributed by atoms with Crippen molar-refractivity contribution in [2.45, 2.75) is 6.92 Å². The lowest BCUT2D eigenvalue weighted by Gasteiger charge is -2.09. The van der Waals surface area contributed by atoms with Crippen molar-refractivity contribution in [3.63, 3.8) is 0 Å². The molecule has 0 aliphatic heterocycles. The van der Waals surface area contributed by atoms with E-state index in [0.717, 1.165) is 13.1 Å². The molecule has 0 aliphatic carbocycles. The Kier molecular flexibility index (Phi) is 4.19. The van der Waals surface area contributed by atoms with Crippen molar-refractivity contribution >= 4 is 17.9 Å². The van der Waals surface area contributed by atoms with Crippen molar-refractivity contribution in [2.24, 2.45) is 5.16 Å². The number of carbonyl (C=O) groups is 1. The molecule has 0 saturated carbocycles. The van der Waals surface area contributed by atoms with Crippen LogP contribution in [0.1, 0.15) is 12.5 Å². The van der Waals surface area contributed by atoms with E-state index < -0.39 is 16.6 Å². The van der Waals surface area contributed by atoms with Crippen LogP contribution in [0, 0.1) is 10.1 Å². The zero-order chi connectivity index (χ0) is 13.7. The number of ether oxygens (including phenoxy) is 2. The Hall–Kier alpha value is -2.64. The summed E-state index contributed by atoms with van der Waals surface area (Å²) in [4.78, 5) is 21.1. The molecule has 18 heavy (non-hydrogen) atoms. The average molecular weight is 254 g/mol. The highest BCUT2D eigenvalue weighted by Crippen LogP contribution is 2.39. The Labute approximate surface area is 102 Å². The molecule has 0 heterocycles. The summed E-state index contributed by atoms with van der Waals surface area (Å²) < 4.78 is 9.65. The van der Waals surface area contributed by atoms with E-state index in [0.29, 0.717) is 0 Å². The largest absolute Gasteiger partial charge is 0.488 e. The summed E-state index contributed by atoms with van der Waals surface area (Å²) >= 11 is 0. The molecule has 0 fully saturated rings. The number of hydrogen-bond acceptors (Lipinski definition) is 7. The summed E-state index contributed by atoms with van der Waals surface area (Å²) in [6.07, 6.45) is 0.887. The second kappa shape index (κ2) is 5.62. The molecule has 0 spiro atoms. The molecule has 8 nitrogen and oxygen atoms in total. The minimum atomic E-state index is -0.719. The lowest BCUT2D eigenvalue weighted by molar-refractivity contribution is -0.385. The minimum absolute atomic E-state index is 0.0234. The molecule has 0 unspecified atom stereocenters. The van der Waals surface area contributed by atoms with E-state index in [1.165, 1.54) is 19.2 Å². The number of rotatable bonds is 4. The first-order valence-electron chi connectivity index (χ1n) is 4.72. The fourth-order valence-electron chi connectivity index (χ4n) is 1.36. The van der Waals surface area contributed by atoms with E-state index >= 15 is 0 Å². The number of nitrogens with zero attached hydrogens (tertiary/aromatic N) is 2. The molecule has 0 radical (unpaired) electrons. The Bertz CT molecular complexity index is 511. The maximum Gasteiger partial charge on any atom is 0.323 e. The van der Waals surface area contributed by atoms with Gasteiger partial charge >= 0.3 is 11.7 Å². The van der Waals surface area contributed by atoms with E-state index in [1.807, 2.05) is 0 Å². The van der Waals surface area contributed by atoms with Crippen LogP contribution in [0.3, 0.4) is 0 Å². The second-order valence-electron chi connectivity index (χ2n) is 3.13. The van der Waals surface area contributed by atoms with Crippen LogP contribution < -0.4 is 9.47 Å². The van der Waals surface area contributed by atoms with Crippen LogP contribution in [0.2, 0.25) is 0 Å². The fraction of sp³-hybridized carbons (Fsp3) is 0.200. The van der Waals surface area contributed by atoms with Gasteiger partial charge in [-0.3, -0.25) is 14.9 Å². The molecule has 1 N–H and O–H groups in total. The van der Waals surface area contributed by atoms with Gasteiger partial charge in [0, 0.05) is 6.92 Å². The fourth-order valence-corrected chi connectivity index (χ4v) is 1.36. The third kappa shape index (κ3) is 2.73. The van der Waals surface area contributed by atoms with Gasteiger partial charge in [0.25, 0.3) is 0 Å². The first kappa shape index (κ1) is 13.4. The highest BCUT2D eigenvalue weighted by Gasteiger charge is 2.25. The number of nitro benzene ring substituents is 1. The van der Waals surface area contributed by atoms with E-state index in [2.05, 4.69) is 5.16 Å². The number of nitro groups is 1. The number of oxime groups is 1. The van der Waals surface area contributed by atoms with E-state index in [-0.39, 0.29) is 17.1 Å². The van der Waals surface area contributed by atoms with Gasteiger partial charge in [0.2, 0.25) is 5.75 Å². The highest BCUT2D eigenvalue weighted by atomic mass is 16.6. The van der Waals surface area contributed by atoms with Crippen molar-refractivity contribution in [2.75, 3.05) is 7.11 Å². The first-order valence-corrected chi connectivity index (χ1v) is 4.72. The van der Waals surface area contributed by atoms with Crippen LogP contribution in [0.15, 0.2) is 17.3 Å². The van der Waals surface area contributed by atoms with Crippen molar-refractivity contribution in [1.82, 2.24) is 0 Å². The van der Waals surface area contributed by atoms with Crippen LogP contribution in [0.25, 0.3) is 0 Å². The number of carbonyl (C=O) groups excluding carboxylic acids is 1. The van der Waals surface area contributed by atoms with E-state index in [1.54, 1.807) is 0 Å². The molecule has 0 aromatic heterocycles. The van der Waals surface area contributed by atoms with Gasteiger partial charge in [-0.1, -0.05) is 5.16 Å². The normalized spacial score (nSPS) is 10.3. The Morgan fingerprint density at radius 1 is 1.56 bits per heavy atom. The van der Waals surface area contributed by atoms with Gasteiger partial charge in [0.05, 0.1) is 23.8 Å². The second-order valence-corrected chi connectivity index (χ2v) is 3.13. The molecule has 0 amide bonds. The molecule has 1 rings (SSSR count). The zero-order valence-corrected chi connectivity index (χ0v) is 9.61. The molecule has 1 aromatic rings. The molecule has 8 heteroatoms. The lowest BCUT2D eigenvalue weighted by atomic mass is 10.1. The molecular formula is C10H10N2O6. The zero-order valence-electron chi connectivity index (χ0n) is 9.61. The maximum absolute atomic E-state index is 11.0. The van der Waals surface area contributed by atoms with Crippen molar-refractivity contribution in [1.29, 1.82) is 0 Å². The monoisotopic (exact) mass is 254 g/mol. The van der Waals surface area contributed by atoms with Crippen LogP contribution in [-0.2, 0) is 4.79 Å². The Morgan fingerprint density at radius 2 is 2.22 bits per heavy atom. The number of esters is 1. The van der Waals surface area contributed by atoms with Crippen LogP contribution in [0.4, 0.5) is 5.69 Å². The molecule has 0 aliphatic rings. The topological polar surface area (TPSA) is 111 Å². The minimum Gasteiger partial charge on any atom is -0.488 e. The van der Waals surface area contributed by atoms with Crippen molar-refractivity contribution in [3.8, 4) is 11.5 Å². The Balaban J connectivity index is 3.47. The number of benzene rings is 1. The maximum atomic E-state index is 11.0. The summed E-state index contributed by atoms with van der Waals surface area (Å²) in [7, 11) is 1.20. The van der Waals surface area contributed by atoms with Crippen LogP contribution in [-0.4, -0.2) is 29.4 Å². The number of hydrogen-bond donors (Lipinski definition) is 1. The van der Waals surface area contributed by atoms with Gasteiger partial charge in [-0.25, -0.2) is 0 Å². The Morgan fingerprint density at radius 3 is 2.67 bits per heavy atom. The summed E-state index contributed by atoms with van der Waals surface area (Å²) in [6, 6.07) is 2.59. The molecule has 0 atom stereocenters. The lowest BCUT2D eigenvalue weighted by Crippen LogP contribution is -2.06. The van der Waals surface area contributed by atoms with Gasteiger partial charge < -0.3 is 14.7 Å². The van der Waals surface area contributed by atoms with Gasteiger partial charge in [-0.15, -0.1) is 0 Å². The molecular weight excluding hydrogens is 244 g/mol. The quantitative estimate of drug-likeness (QED) is 0.217. The van der Waals surface area contributed by atoms with Gasteiger partial charge in [-0.2, -0.15) is 0 Å². The highest BCUT2D eigenvalue weighted by molar-refractivity contribution is 5.88. The number of methoxy groups -OCH3 is 1. The summed E-state index contributed by atoms with van der Waals surface area (Å²) in [5.41, 5.74) is -0.427. The van der Waals surface area contributed by atoms with Gasteiger partial charge in [0.1, 0.15) is 0 Å². The third-order valence-corrected chi connectivity index (χ3v) is 1.96. The predicted octanol–water partition coefficient (Wildman–Crippen LogP) is 1.34. The predicted molar refractivity (Wildman–Crippen MR) is 60.3 cm³/mol. The van der Waals surface area contributed by atoms with Crippen molar-refractivity contribution < 1.29 is 24.4 Å². The van der Waals surface area contributed by atoms with Gasteiger partial charge in [0.15, 0.2) is 5.75 Å². The van der Waals surface area contributed by atoms with Crippen molar-refractivity contribution in [3.05, 3.63) is 27.8 Å². The smallest absolute Gasteiger partial charge is 0.323 e. The standard InChI is InChI=1S/C10H10N2O6/c1-6(13)18-8-4-3-7(5-11-14)9(12(15)16)10(8)17-2/h3-5,14H,1-2H3/b11-5-. The summed E-state index contributed by atoms with van der Waals surface area (Å²) in [5, 5.41) is 22.1. The van der Waals surface area contributed by atoms with Gasteiger partial charge in [-0.05, 0) is 12.1 Å². The molecule has 96 valence electrons. The molecule has 1 aromatic carbocycles. The molecule has 0 bridgehead atoms. The average Bonchev–Trinajstić information content (AvgIpc) is 2.29. The van der Waals surface area contributed by atoms with E-state index in [4.69, 9.17) is 14.7 Å². The molecule has 0 saturated heterocycles. The summed E-state index contributed by atoms with van der Waals surface area (Å²) in [5.74, 6) is -0.925. The van der Waals surface area contributed by atoms with Crippen LogP contribution >= 0.6 is 0 Å².